The molecule has 3 N–H and O–H groups in total. The van der Waals surface area contributed by atoms with Crippen LogP contribution < -0.4 is 10.5 Å². The van der Waals surface area contributed by atoms with Gasteiger partial charge in [-0.1, -0.05) is 0 Å². The Kier molecular flexibility index (Phi) is 13.1. The van der Waals surface area contributed by atoms with E-state index in [0.29, 0.717) is 78.5 Å². The Bertz CT molecular complexity index is 1370. The van der Waals surface area contributed by atoms with Crippen molar-refractivity contribution in [2.24, 2.45) is 28.5 Å². The summed E-state index contributed by atoms with van der Waals surface area (Å²) >= 11 is 0. The van der Waals surface area contributed by atoms with Crippen LogP contribution in [0, 0.1) is 17.8 Å². The van der Waals surface area contributed by atoms with Gasteiger partial charge in [0.15, 0.2) is 0 Å². The monoisotopic (exact) mass is 629 g/mol. The Balaban J connectivity index is 1.42. The Labute approximate surface area is 275 Å². The van der Waals surface area contributed by atoms with Gasteiger partial charge in [-0.05, 0) is 13.8 Å². The molecule has 1 radical (unpaired) electrons. The van der Waals surface area contributed by atoms with Crippen LogP contribution in [0.3, 0.4) is 0 Å². The second kappa shape index (κ2) is 17.2. The molecule has 10 heteroatoms. The first-order valence-electron chi connectivity index (χ1n) is 16.8. The molecule has 1 saturated heterocycles. The number of rotatable bonds is 13. The van der Waals surface area contributed by atoms with E-state index in [1.54, 1.807) is 6.92 Å². The number of allylic oxidation sites excluding steroid dienone is 5. The van der Waals surface area contributed by atoms with Crippen molar-refractivity contribution in [3.63, 3.8) is 0 Å². The predicted octanol–water partition coefficient (Wildman–Crippen LogP) is 6.07. The molecule has 4 rings (SSSR count). The van der Waals surface area contributed by atoms with Gasteiger partial charge in [-0.15, -0.1) is 0 Å². The van der Waals surface area contributed by atoms with E-state index in [1.807, 2.05) is 38.1 Å². The first-order valence-corrected chi connectivity index (χ1v) is 16.8. The molecule has 2 fully saturated rings. The van der Waals surface area contributed by atoms with E-state index in [4.69, 9.17) is 37.5 Å². The van der Waals surface area contributed by atoms with E-state index >= 15 is 0 Å². The molecule has 1 unspecified atom stereocenters. The van der Waals surface area contributed by atoms with Gasteiger partial charge in [-0.3, -0.25) is 4.79 Å². The minimum absolute atomic E-state index is 0.0526. The summed E-state index contributed by atoms with van der Waals surface area (Å²) in [5.41, 5.74) is 9.88. The maximum atomic E-state index is 11.1. The molecule has 0 amide bonds. The third-order valence-electron chi connectivity index (χ3n) is 8.66. The number of pyridine rings is 1. The number of hydrogen-bond donors (Lipinski definition) is 2. The number of aliphatic imine (C=N–C) groups is 1. The molecule has 1 aromatic rings. The van der Waals surface area contributed by atoms with E-state index in [0.717, 1.165) is 56.3 Å². The molecule has 1 aliphatic heterocycles. The van der Waals surface area contributed by atoms with Crippen molar-refractivity contribution < 1.29 is 24.1 Å². The molecular formula is C36H50BN4O5. The normalized spacial score (nSPS) is 24.3. The molecule has 3 aliphatic rings. The molecule has 46 heavy (non-hydrogen) atoms. The number of nitrogens with zero attached hydrogens (tertiary/aromatic N) is 3. The van der Waals surface area contributed by atoms with Crippen molar-refractivity contribution >= 4 is 24.9 Å². The van der Waals surface area contributed by atoms with Crippen molar-refractivity contribution in [1.29, 1.82) is 0 Å². The number of unbranched alkanes of at least 4 members (excludes halogenated alkanes) is 1. The SMILES string of the molecule is [B]=C1C(=C(/C)N)/C(=N/C(=C/CCC)OCCc2cccc(OC(C)C)n2)OCCN1C1=CCC(C2CCC(CC(=O)O)CC2)C=C1. The second-order valence-electron chi connectivity index (χ2n) is 12.7. The fourth-order valence-corrected chi connectivity index (χ4v) is 6.31. The van der Waals surface area contributed by atoms with Crippen LogP contribution in [0.25, 0.3) is 0 Å². The van der Waals surface area contributed by atoms with Gasteiger partial charge in [-0.2, -0.15) is 0 Å². The van der Waals surface area contributed by atoms with Gasteiger partial charge in [-0.25, -0.2) is 0 Å². The Hall–Kier alpha value is -3.82. The van der Waals surface area contributed by atoms with Gasteiger partial charge in [0.1, 0.15) is 0 Å². The topological polar surface area (TPSA) is 120 Å². The molecular weight excluding hydrogens is 579 g/mol. The number of carboxylic acid groups (broad SMARTS) is 1. The zero-order valence-corrected chi connectivity index (χ0v) is 27.9. The van der Waals surface area contributed by atoms with Crippen LogP contribution in [-0.4, -0.2) is 65.8 Å². The van der Waals surface area contributed by atoms with Crippen molar-refractivity contribution in [1.82, 2.24) is 9.88 Å². The number of ether oxygens (including phenoxy) is 3. The van der Waals surface area contributed by atoms with Crippen LogP contribution in [0.2, 0.25) is 0 Å². The fourth-order valence-electron chi connectivity index (χ4n) is 6.31. The Morgan fingerprint density at radius 1 is 1.28 bits per heavy atom. The molecule has 0 bridgehead atoms. The standard InChI is InChI=1S/C36H50BN4O5/c1-5-6-9-31(44-21-19-29-8-7-10-32(39-29)46-24(2)3)40-36-34(25(4)38)35(37)41(20-22-45-36)30-17-15-28(16-18-30)27-13-11-26(12-14-27)23-33(42)43/h7-10,15,17-18,24,26-28H,5-6,11-14,16,19-23,38H2,1-4H3,(H,42,43)/b31-9-,34-25+,40-36-. The second-order valence-corrected chi connectivity index (χ2v) is 12.7. The predicted molar refractivity (Wildman–Crippen MR) is 183 cm³/mol. The Morgan fingerprint density at radius 3 is 2.72 bits per heavy atom. The molecule has 9 nitrogen and oxygen atoms in total. The van der Waals surface area contributed by atoms with Crippen LogP contribution in [-0.2, 0) is 20.7 Å². The maximum absolute atomic E-state index is 11.1. The summed E-state index contributed by atoms with van der Waals surface area (Å²) < 4.78 is 18.1. The summed E-state index contributed by atoms with van der Waals surface area (Å²) in [5, 5.41) is 9.15. The number of nitrogens with two attached hydrogens (primary N) is 1. The number of hydrogen-bond acceptors (Lipinski definition) is 8. The molecule has 0 aromatic carbocycles. The van der Waals surface area contributed by atoms with Gasteiger partial charge in [0.05, 0.1) is 6.10 Å². The van der Waals surface area contributed by atoms with Crippen LogP contribution in [0.5, 0.6) is 5.88 Å². The Morgan fingerprint density at radius 2 is 2.07 bits per heavy atom. The zero-order chi connectivity index (χ0) is 33.1. The first-order chi connectivity index (χ1) is 22.1. The first kappa shape index (κ1) is 35.0. The van der Waals surface area contributed by atoms with Gasteiger partial charge in [0.2, 0.25) is 0 Å². The van der Waals surface area contributed by atoms with E-state index in [9.17, 15) is 4.79 Å². The van der Waals surface area contributed by atoms with Gasteiger partial charge in [0, 0.05) is 0 Å². The molecule has 0 spiro atoms. The summed E-state index contributed by atoms with van der Waals surface area (Å²) in [6.45, 7) is 9.18. The molecule has 2 heterocycles. The van der Waals surface area contributed by atoms with Crippen LogP contribution in [0.4, 0.5) is 0 Å². The van der Waals surface area contributed by atoms with Crippen molar-refractivity contribution in [2.45, 2.75) is 91.6 Å². The summed E-state index contributed by atoms with van der Waals surface area (Å²) in [5.74, 6) is 2.06. The van der Waals surface area contributed by atoms with Crippen LogP contribution in [0.15, 0.2) is 70.3 Å². The number of aromatic nitrogens is 1. The third-order valence-corrected chi connectivity index (χ3v) is 8.66. The number of carboxylic acids is 1. The third kappa shape index (κ3) is 10.1. The van der Waals surface area contributed by atoms with E-state index in [-0.39, 0.29) is 12.5 Å². The van der Waals surface area contributed by atoms with Crippen molar-refractivity contribution in [3.05, 3.63) is 71.0 Å². The van der Waals surface area contributed by atoms with Gasteiger partial charge in [0.25, 0.3) is 0 Å². The minimum atomic E-state index is -0.689. The van der Waals surface area contributed by atoms with Gasteiger partial charge >= 0.3 is 246 Å². The van der Waals surface area contributed by atoms with Crippen molar-refractivity contribution in [2.75, 3.05) is 19.8 Å². The number of aliphatic carboxylic acids is 1. The average Bonchev–Trinajstić information content (AvgIpc) is 3.18. The molecule has 1 aromatic heterocycles. The summed E-state index contributed by atoms with van der Waals surface area (Å²) in [6.07, 6.45) is 16.4. The van der Waals surface area contributed by atoms with E-state index < -0.39 is 5.97 Å². The molecule has 1 saturated carbocycles. The quantitative estimate of drug-likeness (QED) is 0.199. The fraction of sp³-hybridized carbons (Fsp3) is 0.556. The van der Waals surface area contributed by atoms with Gasteiger partial charge < -0.3 is 5.11 Å². The van der Waals surface area contributed by atoms with Crippen LogP contribution >= 0.6 is 0 Å². The van der Waals surface area contributed by atoms with E-state index in [2.05, 4.69) is 35.0 Å². The summed E-state index contributed by atoms with van der Waals surface area (Å²) in [4.78, 5) is 22.5. The number of carbonyl (C=O) groups is 1. The molecule has 1 atom stereocenters. The molecule has 2 aliphatic carbocycles. The average molecular weight is 630 g/mol. The zero-order valence-electron chi connectivity index (χ0n) is 27.9. The molecule has 247 valence electrons. The summed E-state index contributed by atoms with van der Waals surface area (Å²) in [6, 6.07) is 5.75. The van der Waals surface area contributed by atoms with Crippen LogP contribution in [0.1, 0.15) is 84.8 Å². The summed E-state index contributed by atoms with van der Waals surface area (Å²) in [7, 11) is 6.82. The van der Waals surface area contributed by atoms with Crippen molar-refractivity contribution in [3.8, 4) is 5.88 Å². The van der Waals surface area contributed by atoms with E-state index in [1.165, 1.54) is 0 Å².